The Hall–Kier alpha value is -1.84. The van der Waals surface area contributed by atoms with E-state index in [4.69, 9.17) is 4.74 Å². The van der Waals surface area contributed by atoms with E-state index in [1.165, 1.54) is 21.9 Å². The molecule has 128 valence electrons. The molecule has 0 aliphatic carbocycles. The van der Waals surface area contributed by atoms with E-state index in [-0.39, 0.29) is 0 Å². The van der Waals surface area contributed by atoms with Gasteiger partial charge in [-0.25, -0.2) is 0 Å². The zero-order valence-electron chi connectivity index (χ0n) is 14.8. The Bertz CT molecular complexity index is 704. The van der Waals surface area contributed by atoms with Gasteiger partial charge < -0.3 is 10.1 Å². The Morgan fingerprint density at radius 3 is 2.67 bits per heavy atom. The van der Waals surface area contributed by atoms with Crippen LogP contribution in [0.25, 0.3) is 10.8 Å². The van der Waals surface area contributed by atoms with E-state index in [0.29, 0.717) is 12.6 Å². The Kier molecular flexibility index (Phi) is 5.54. The number of rotatable bonds is 6. The van der Waals surface area contributed by atoms with E-state index >= 15 is 0 Å². The van der Waals surface area contributed by atoms with Crippen molar-refractivity contribution in [2.45, 2.75) is 26.3 Å². The molecule has 0 bridgehead atoms. The molecule has 1 heterocycles. The second kappa shape index (κ2) is 7.82. The van der Waals surface area contributed by atoms with Gasteiger partial charge in [-0.2, -0.15) is 0 Å². The standard InChI is InChI=1S/C21H28N2O/c1-4-24-20-10-9-17-7-5-6-8-18(17)21(20)19(15-16(2)3)23-13-11-22-12-14-23/h5-10,19,22H,2,4,11-15H2,1,3H3/t19-/m1/s1. The van der Waals surface area contributed by atoms with Gasteiger partial charge in [-0.1, -0.05) is 35.9 Å². The first-order chi connectivity index (χ1) is 11.7. The summed E-state index contributed by atoms with van der Waals surface area (Å²) < 4.78 is 6.03. The van der Waals surface area contributed by atoms with E-state index in [9.17, 15) is 0 Å². The maximum Gasteiger partial charge on any atom is 0.124 e. The van der Waals surface area contributed by atoms with Gasteiger partial charge in [0.15, 0.2) is 0 Å². The molecule has 1 atom stereocenters. The second-order valence-corrected chi connectivity index (χ2v) is 6.59. The molecule has 1 aliphatic heterocycles. The average molecular weight is 324 g/mol. The third kappa shape index (κ3) is 3.63. The molecule has 1 aliphatic rings. The van der Waals surface area contributed by atoms with Gasteiger partial charge in [0.25, 0.3) is 0 Å². The van der Waals surface area contributed by atoms with Crippen LogP contribution in [0.4, 0.5) is 0 Å². The summed E-state index contributed by atoms with van der Waals surface area (Å²) in [6, 6.07) is 13.2. The molecular formula is C21H28N2O. The van der Waals surface area contributed by atoms with Crippen molar-refractivity contribution in [2.75, 3.05) is 32.8 Å². The maximum atomic E-state index is 6.03. The SMILES string of the molecule is C=C(C)C[C@H](c1c(OCC)ccc2ccccc12)N1CCNCC1. The van der Waals surface area contributed by atoms with Crippen molar-refractivity contribution >= 4 is 10.8 Å². The molecule has 1 fully saturated rings. The van der Waals surface area contributed by atoms with Gasteiger partial charge in [0, 0.05) is 37.8 Å². The van der Waals surface area contributed by atoms with Crippen LogP contribution in [0.2, 0.25) is 0 Å². The molecule has 0 radical (unpaired) electrons. The van der Waals surface area contributed by atoms with E-state index in [0.717, 1.165) is 38.3 Å². The number of piperazine rings is 1. The lowest BCUT2D eigenvalue weighted by Crippen LogP contribution is -2.45. The lowest BCUT2D eigenvalue weighted by atomic mass is 9.92. The highest BCUT2D eigenvalue weighted by atomic mass is 16.5. The second-order valence-electron chi connectivity index (χ2n) is 6.59. The Morgan fingerprint density at radius 2 is 1.96 bits per heavy atom. The van der Waals surface area contributed by atoms with Crippen LogP contribution in [-0.2, 0) is 0 Å². The van der Waals surface area contributed by atoms with Gasteiger partial charge in [-0.15, -0.1) is 6.58 Å². The molecule has 0 spiro atoms. The first-order valence-corrected chi connectivity index (χ1v) is 8.94. The van der Waals surface area contributed by atoms with Crippen LogP contribution in [0, 0.1) is 0 Å². The molecular weight excluding hydrogens is 296 g/mol. The van der Waals surface area contributed by atoms with Crippen molar-refractivity contribution in [1.29, 1.82) is 0 Å². The van der Waals surface area contributed by atoms with Gasteiger partial charge in [0.05, 0.1) is 6.61 Å². The van der Waals surface area contributed by atoms with E-state index in [2.05, 4.69) is 67.0 Å². The molecule has 0 unspecified atom stereocenters. The lowest BCUT2D eigenvalue weighted by molar-refractivity contribution is 0.169. The fraction of sp³-hybridized carbons (Fsp3) is 0.429. The van der Waals surface area contributed by atoms with Crippen molar-refractivity contribution < 1.29 is 4.74 Å². The summed E-state index contributed by atoms with van der Waals surface area (Å²) in [5.41, 5.74) is 2.54. The van der Waals surface area contributed by atoms with Crippen LogP contribution < -0.4 is 10.1 Å². The highest BCUT2D eigenvalue weighted by molar-refractivity contribution is 5.88. The van der Waals surface area contributed by atoms with Gasteiger partial charge in [-0.3, -0.25) is 4.90 Å². The molecule has 2 aromatic carbocycles. The van der Waals surface area contributed by atoms with Crippen molar-refractivity contribution in [3.8, 4) is 5.75 Å². The smallest absolute Gasteiger partial charge is 0.124 e. The van der Waals surface area contributed by atoms with Gasteiger partial charge >= 0.3 is 0 Å². The summed E-state index contributed by atoms with van der Waals surface area (Å²) >= 11 is 0. The van der Waals surface area contributed by atoms with E-state index in [1.807, 2.05) is 0 Å². The third-order valence-corrected chi connectivity index (χ3v) is 4.70. The summed E-state index contributed by atoms with van der Waals surface area (Å²) in [4.78, 5) is 2.58. The number of fused-ring (bicyclic) bond motifs is 1. The van der Waals surface area contributed by atoms with Gasteiger partial charge in [0.1, 0.15) is 5.75 Å². The van der Waals surface area contributed by atoms with Crippen LogP contribution in [0.5, 0.6) is 5.75 Å². The van der Waals surface area contributed by atoms with Crippen molar-refractivity contribution in [3.05, 3.63) is 54.1 Å². The third-order valence-electron chi connectivity index (χ3n) is 4.70. The predicted molar refractivity (Wildman–Crippen MR) is 102 cm³/mol. The summed E-state index contributed by atoms with van der Waals surface area (Å²) in [5.74, 6) is 1.01. The van der Waals surface area contributed by atoms with Crippen LogP contribution in [0.15, 0.2) is 48.6 Å². The zero-order chi connectivity index (χ0) is 16.9. The van der Waals surface area contributed by atoms with Gasteiger partial charge in [-0.05, 0) is 37.1 Å². The fourth-order valence-electron chi connectivity index (χ4n) is 3.64. The molecule has 1 saturated heterocycles. The largest absolute Gasteiger partial charge is 0.494 e. The minimum atomic E-state index is 0.317. The number of nitrogens with one attached hydrogen (secondary N) is 1. The van der Waals surface area contributed by atoms with E-state index in [1.54, 1.807) is 0 Å². The molecule has 0 aromatic heterocycles. The minimum Gasteiger partial charge on any atom is -0.494 e. The molecule has 0 amide bonds. The predicted octanol–water partition coefficient (Wildman–Crippen LogP) is 4.15. The van der Waals surface area contributed by atoms with Crippen molar-refractivity contribution in [2.24, 2.45) is 0 Å². The lowest BCUT2D eigenvalue weighted by Gasteiger charge is -2.36. The van der Waals surface area contributed by atoms with Crippen LogP contribution in [0.1, 0.15) is 31.9 Å². The molecule has 3 nitrogen and oxygen atoms in total. The van der Waals surface area contributed by atoms with Gasteiger partial charge in [0.2, 0.25) is 0 Å². The highest BCUT2D eigenvalue weighted by Gasteiger charge is 2.26. The number of benzene rings is 2. The summed E-state index contributed by atoms with van der Waals surface area (Å²) in [5, 5.41) is 6.03. The topological polar surface area (TPSA) is 24.5 Å². The van der Waals surface area contributed by atoms with Crippen molar-refractivity contribution in [3.63, 3.8) is 0 Å². The number of hydrogen-bond donors (Lipinski definition) is 1. The first kappa shape index (κ1) is 17.0. The Morgan fingerprint density at radius 1 is 1.21 bits per heavy atom. The van der Waals surface area contributed by atoms with Crippen molar-refractivity contribution in [1.82, 2.24) is 10.2 Å². The van der Waals surface area contributed by atoms with Crippen LogP contribution in [-0.4, -0.2) is 37.7 Å². The number of hydrogen-bond acceptors (Lipinski definition) is 3. The minimum absolute atomic E-state index is 0.317. The highest BCUT2D eigenvalue weighted by Crippen LogP contribution is 2.39. The number of nitrogens with zero attached hydrogens (tertiary/aromatic N) is 1. The summed E-state index contributed by atoms with van der Waals surface area (Å²) in [6.07, 6.45) is 0.966. The summed E-state index contributed by atoms with van der Waals surface area (Å²) in [7, 11) is 0. The molecule has 2 aromatic rings. The quantitative estimate of drug-likeness (QED) is 0.808. The normalized spacial score (nSPS) is 16.9. The monoisotopic (exact) mass is 324 g/mol. The van der Waals surface area contributed by atoms with Crippen LogP contribution >= 0.6 is 0 Å². The Labute approximate surface area is 145 Å². The number of ether oxygens (including phenoxy) is 1. The zero-order valence-corrected chi connectivity index (χ0v) is 14.8. The molecule has 3 rings (SSSR count). The average Bonchev–Trinajstić information content (AvgIpc) is 2.61. The molecule has 24 heavy (non-hydrogen) atoms. The van der Waals surface area contributed by atoms with E-state index < -0.39 is 0 Å². The maximum absolute atomic E-state index is 6.03. The fourth-order valence-corrected chi connectivity index (χ4v) is 3.64. The molecule has 1 N–H and O–H groups in total. The molecule has 3 heteroatoms. The molecule has 0 saturated carbocycles. The van der Waals surface area contributed by atoms with Crippen LogP contribution in [0.3, 0.4) is 0 Å². The summed E-state index contributed by atoms with van der Waals surface area (Å²) in [6.45, 7) is 13.3. The first-order valence-electron chi connectivity index (χ1n) is 8.94. The Balaban J connectivity index is 2.13.